The predicted molar refractivity (Wildman–Crippen MR) is 65.3 cm³/mol. The fourth-order valence-electron chi connectivity index (χ4n) is 2.16. The summed E-state index contributed by atoms with van der Waals surface area (Å²) in [5.41, 5.74) is 0. The average Bonchev–Trinajstić information content (AvgIpc) is 2.26. The molecule has 0 aromatic rings. The quantitative estimate of drug-likeness (QED) is 0.676. The van der Waals surface area contributed by atoms with Gasteiger partial charge in [0, 0.05) is 6.54 Å². The molecule has 0 N–H and O–H groups in total. The Labute approximate surface area is 99.1 Å². The minimum atomic E-state index is -0.00352. The number of rotatable bonds is 5. The van der Waals surface area contributed by atoms with E-state index in [-0.39, 0.29) is 18.0 Å². The second-order valence-electron chi connectivity index (χ2n) is 4.98. The first kappa shape index (κ1) is 13.5. The molecule has 1 heterocycles. The fourth-order valence-corrected chi connectivity index (χ4v) is 2.16. The van der Waals surface area contributed by atoms with Gasteiger partial charge in [-0.05, 0) is 46.2 Å². The highest BCUT2D eigenvalue weighted by Gasteiger charge is 2.26. The molecular weight excluding hydrogens is 202 g/mol. The number of hydrogen-bond donors (Lipinski definition) is 0. The lowest BCUT2D eigenvalue weighted by molar-refractivity contribution is -0.154. The summed E-state index contributed by atoms with van der Waals surface area (Å²) in [6, 6.07) is 0. The third kappa shape index (κ3) is 4.52. The third-order valence-electron chi connectivity index (χ3n) is 3.02. The summed E-state index contributed by atoms with van der Waals surface area (Å²) in [5.74, 6) is 0.101. The second-order valence-corrected chi connectivity index (χ2v) is 4.98. The number of carbonyl (C=O) groups excluding carboxylic acids is 1. The van der Waals surface area contributed by atoms with Gasteiger partial charge in [-0.1, -0.05) is 13.3 Å². The van der Waals surface area contributed by atoms with Crippen molar-refractivity contribution in [3.63, 3.8) is 0 Å². The van der Waals surface area contributed by atoms with Gasteiger partial charge in [-0.3, -0.25) is 4.79 Å². The third-order valence-corrected chi connectivity index (χ3v) is 3.02. The lowest BCUT2D eigenvalue weighted by Gasteiger charge is -2.31. The zero-order chi connectivity index (χ0) is 12.0. The summed E-state index contributed by atoms with van der Waals surface area (Å²) in [7, 11) is 0. The van der Waals surface area contributed by atoms with Crippen LogP contribution < -0.4 is 0 Å². The van der Waals surface area contributed by atoms with Crippen LogP contribution in [0.2, 0.25) is 0 Å². The Morgan fingerprint density at radius 1 is 1.50 bits per heavy atom. The maximum atomic E-state index is 11.8. The Hall–Kier alpha value is -0.570. The zero-order valence-electron chi connectivity index (χ0n) is 10.9. The summed E-state index contributed by atoms with van der Waals surface area (Å²) in [6.07, 6.45) is 4.58. The number of unbranched alkanes of at least 4 members (excludes halogenated alkanes) is 1. The second kappa shape index (κ2) is 6.89. The van der Waals surface area contributed by atoms with Crippen molar-refractivity contribution in [1.29, 1.82) is 0 Å². The standard InChI is InChI=1S/C13H25NO2/c1-4-5-8-14-9-6-7-12(10-14)13(15)16-11(2)3/h11-12H,4-10H2,1-3H3. The van der Waals surface area contributed by atoms with Crippen LogP contribution in [0.1, 0.15) is 46.5 Å². The Morgan fingerprint density at radius 2 is 2.25 bits per heavy atom. The highest BCUT2D eigenvalue weighted by molar-refractivity contribution is 5.73. The van der Waals surface area contributed by atoms with E-state index in [1.54, 1.807) is 0 Å². The van der Waals surface area contributed by atoms with E-state index in [0.29, 0.717) is 0 Å². The predicted octanol–water partition coefficient (Wildman–Crippen LogP) is 2.45. The highest BCUT2D eigenvalue weighted by Crippen LogP contribution is 2.18. The van der Waals surface area contributed by atoms with Crippen LogP contribution in [0.3, 0.4) is 0 Å². The Bertz CT molecular complexity index is 216. The van der Waals surface area contributed by atoms with E-state index >= 15 is 0 Å². The summed E-state index contributed by atoms with van der Waals surface area (Å²) >= 11 is 0. The summed E-state index contributed by atoms with van der Waals surface area (Å²) in [4.78, 5) is 14.2. The number of nitrogens with zero attached hydrogens (tertiary/aromatic N) is 1. The maximum absolute atomic E-state index is 11.8. The molecule has 1 fully saturated rings. The number of piperidine rings is 1. The average molecular weight is 227 g/mol. The molecule has 0 aromatic carbocycles. The van der Waals surface area contributed by atoms with Crippen molar-refractivity contribution >= 4 is 5.97 Å². The topological polar surface area (TPSA) is 29.5 Å². The van der Waals surface area contributed by atoms with Crippen molar-refractivity contribution in [3.05, 3.63) is 0 Å². The van der Waals surface area contributed by atoms with E-state index in [1.807, 2.05) is 13.8 Å². The molecule has 0 aromatic heterocycles. The normalized spacial score (nSPS) is 22.4. The Balaban J connectivity index is 2.34. The van der Waals surface area contributed by atoms with Gasteiger partial charge in [-0.15, -0.1) is 0 Å². The van der Waals surface area contributed by atoms with Crippen molar-refractivity contribution in [2.45, 2.75) is 52.6 Å². The Morgan fingerprint density at radius 3 is 2.88 bits per heavy atom. The van der Waals surface area contributed by atoms with Gasteiger partial charge in [0.1, 0.15) is 0 Å². The van der Waals surface area contributed by atoms with Crippen LogP contribution in [0.4, 0.5) is 0 Å². The van der Waals surface area contributed by atoms with Crippen molar-refractivity contribution in [3.8, 4) is 0 Å². The zero-order valence-corrected chi connectivity index (χ0v) is 10.9. The molecule has 0 radical (unpaired) electrons. The number of esters is 1. The first-order chi connectivity index (χ1) is 7.63. The van der Waals surface area contributed by atoms with E-state index in [1.165, 1.54) is 12.8 Å². The van der Waals surface area contributed by atoms with Crippen LogP contribution in [0.15, 0.2) is 0 Å². The molecule has 0 spiro atoms. The Kier molecular flexibility index (Phi) is 5.81. The van der Waals surface area contributed by atoms with Gasteiger partial charge in [0.25, 0.3) is 0 Å². The molecule has 0 amide bonds. The van der Waals surface area contributed by atoms with Crippen LogP contribution in [-0.4, -0.2) is 36.6 Å². The van der Waals surface area contributed by atoms with Gasteiger partial charge in [-0.2, -0.15) is 0 Å². The fraction of sp³-hybridized carbons (Fsp3) is 0.923. The van der Waals surface area contributed by atoms with Gasteiger partial charge in [0.05, 0.1) is 12.0 Å². The van der Waals surface area contributed by atoms with Gasteiger partial charge in [0.15, 0.2) is 0 Å². The van der Waals surface area contributed by atoms with Crippen molar-refractivity contribution in [2.75, 3.05) is 19.6 Å². The monoisotopic (exact) mass is 227 g/mol. The molecule has 1 rings (SSSR count). The molecule has 16 heavy (non-hydrogen) atoms. The van der Waals surface area contributed by atoms with Crippen LogP contribution in [-0.2, 0) is 9.53 Å². The van der Waals surface area contributed by atoms with Crippen LogP contribution in [0.25, 0.3) is 0 Å². The SMILES string of the molecule is CCCCN1CCCC(C(=O)OC(C)C)C1. The van der Waals surface area contributed by atoms with Crippen molar-refractivity contribution in [2.24, 2.45) is 5.92 Å². The molecule has 1 atom stereocenters. The maximum Gasteiger partial charge on any atom is 0.310 e. The van der Waals surface area contributed by atoms with Gasteiger partial charge in [-0.25, -0.2) is 0 Å². The molecular formula is C13H25NO2. The van der Waals surface area contributed by atoms with Crippen LogP contribution in [0.5, 0.6) is 0 Å². The largest absolute Gasteiger partial charge is 0.463 e. The van der Waals surface area contributed by atoms with Gasteiger partial charge >= 0.3 is 5.97 Å². The molecule has 1 unspecified atom stereocenters. The first-order valence-corrected chi connectivity index (χ1v) is 6.56. The van der Waals surface area contributed by atoms with Gasteiger partial charge in [0.2, 0.25) is 0 Å². The smallest absolute Gasteiger partial charge is 0.310 e. The molecule has 0 saturated carbocycles. The minimum absolute atomic E-state index is 0.00352. The molecule has 1 aliphatic rings. The molecule has 1 aliphatic heterocycles. The molecule has 0 bridgehead atoms. The minimum Gasteiger partial charge on any atom is -0.463 e. The highest BCUT2D eigenvalue weighted by atomic mass is 16.5. The van der Waals surface area contributed by atoms with Gasteiger partial charge < -0.3 is 9.64 Å². The van der Waals surface area contributed by atoms with E-state index in [0.717, 1.165) is 32.5 Å². The summed E-state index contributed by atoms with van der Waals surface area (Å²) in [6.45, 7) is 9.19. The van der Waals surface area contributed by atoms with Crippen molar-refractivity contribution < 1.29 is 9.53 Å². The summed E-state index contributed by atoms with van der Waals surface area (Å²) < 4.78 is 5.28. The van der Waals surface area contributed by atoms with Crippen LogP contribution in [0, 0.1) is 5.92 Å². The van der Waals surface area contributed by atoms with Crippen LogP contribution >= 0.6 is 0 Å². The lowest BCUT2D eigenvalue weighted by Crippen LogP contribution is -2.40. The van der Waals surface area contributed by atoms with E-state index in [9.17, 15) is 4.79 Å². The molecule has 3 heteroatoms. The van der Waals surface area contributed by atoms with E-state index in [4.69, 9.17) is 4.74 Å². The molecule has 1 saturated heterocycles. The molecule has 3 nitrogen and oxygen atoms in total. The van der Waals surface area contributed by atoms with E-state index in [2.05, 4.69) is 11.8 Å². The molecule has 0 aliphatic carbocycles. The number of carbonyl (C=O) groups is 1. The van der Waals surface area contributed by atoms with Crippen molar-refractivity contribution in [1.82, 2.24) is 4.90 Å². The number of hydrogen-bond acceptors (Lipinski definition) is 3. The number of ether oxygens (including phenoxy) is 1. The number of likely N-dealkylation sites (tertiary alicyclic amines) is 1. The summed E-state index contributed by atoms with van der Waals surface area (Å²) in [5, 5.41) is 0. The lowest BCUT2D eigenvalue weighted by atomic mass is 9.98. The molecule has 94 valence electrons. The first-order valence-electron chi connectivity index (χ1n) is 6.56. The van der Waals surface area contributed by atoms with E-state index < -0.39 is 0 Å².